The van der Waals surface area contributed by atoms with Crippen molar-refractivity contribution in [1.82, 2.24) is 24.5 Å². The Balaban J connectivity index is 1.38. The number of hydrogen-bond acceptors (Lipinski definition) is 5. The molecule has 5 aromatic rings. The molecule has 2 aromatic heterocycles. The van der Waals surface area contributed by atoms with Gasteiger partial charge in [-0.05, 0) is 29.8 Å². The van der Waals surface area contributed by atoms with Crippen LogP contribution >= 0.6 is 0 Å². The van der Waals surface area contributed by atoms with Gasteiger partial charge in [-0.15, -0.1) is 5.10 Å². The first-order valence-electron chi connectivity index (χ1n) is 9.84. The summed E-state index contributed by atoms with van der Waals surface area (Å²) in [6.07, 6.45) is 1.87. The van der Waals surface area contributed by atoms with E-state index in [0.29, 0.717) is 28.7 Å². The molecule has 0 atom stereocenters. The predicted molar refractivity (Wildman–Crippen MR) is 115 cm³/mol. The summed E-state index contributed by atoms with van der Waals surface area (Å²) in [5.41, 5.74) is 4.00. The fourth-order valence-corrected chi connectivity index (χ4v) is 3.99. The molecule has 0 N–H and O–H groups in total. The zero-order valence-electron chi connectivity index (χ0n) is 16.3. The van der Waals surface area contributed by atoms with E-state index >= 15 is 0 Å². The normalized spacial score (nSPS) is 12.2. The van der Waals surface area contributed by atoms with Crippen LogP contribution < -0.4 is 5.56 Å². The van der Waals surface area contributed by atoms with Gasteiger partial charge >= 0.3 is 0 Å². The highest BCUT2D eigenvalue weighted by Crippen LogP contribution is 2.27. The van der Waals surface area contributed by atoms with E-state index in [1.54, 1.807) is 41.1 Å². The standard InChI is InChI=1S/C24H15N5O2/c30-22-18-12-15(13-28-14-20(26-27-28)16-6-2-1-3-7-16)10-11-21(18)29-23(22)25-19-9-5-4-8-17(19)24(29)31/h1-12,14H,13H2. The second-order valence-corrected chi connectivity index (χ2v) is 7.44. The summed E-state index contributed by atoms with van der Waals surface area (Å²) in [7, 11) is 0. The van der Waals surface area contributed by atoms with Gasteiger partial charge in [-0.25, -0.2) is 9.67 Å². The molecule has 0 amide bonds. The number of ketones is 1. The highest BCUT2D eigenvalue weighted by molar-refractivity contribution is 6.13. The Kier molecular flexibility index (Phi) is 3.70. The van der Waals surface area contributed by atoms with Crippen LogP contribution in [0.25, 0.3) is 27.8 Å². The Labute approximate surface area is 176 Å². The molecule has 0 spiro atoms. The molecule has 7 heteroatoms. The minimum absolute atomic E-state index is 0.156. The maximum Gasteiger partial charge on any atom is 0.266 e. The van der Waals surface area contributed by atoms with Gasteiger partial charge in [-0.3, -0.25) is 14.2 Å². The fraction of sp³-hybridized carbons (Fsp3) is 0.0417. The lowest BCUT2D eigenvalue weighted by atomic mass is 10.1. The second-order valence-electron chi connectivity index (χ2n) is 7.44. The van der Waals surface area contributed by atoms with Gasteiger partial charge in [0.1, 0.15) is 5.69 Å². The molecular formula is C24H15N5O2. The lowest BCUT2D eigenvalue weighted by Crippen LogP contribution is -2.21. The van der Waals surface area contributed by atoms with Crippen molar-refractivity contribution in [2.75, 3.05) is 0 Å². The minimum Gasteiger partial charge on any atom is -0.285 e. The molecule has 6 rings (SSSR count). The third kappa shape index (κ3) is 2.71. The number of aromatic nitrogens is 5. The van der Waals surface area contributed by atoms with Crippen LogP contribution in [-0.2, 0) is 6.54 Å². The van der Waals surface area contributed by atoms with Crippen LogP contribution in [0.15, 0.2) is 83.8 Å². The van der Waals surface area contributed by atoms with Crippen LogP contribution in [-0.4, -0.2) is 30.3 Å². The van der Waals surface area contributed by atoms with Gasteiger partial charge in [0, 0.05) is 5.56 Å². The first-order chi connectivity index (χ1) is 15.2. The molecule has 1 aliphatic rings. The quantitative estimate of drug-likeness (QED) is 0.451. The molecular weight excluding hydrogens is 390 g/mol. The van der Waals surface area contributed by atoms with Gasteiger partial charge in [0.15, 0.2) is 5.82 Å². The number of benzene rings is 3. The average Bonchev–Trinajstić information content (AvgIpc) is 3.38. The first-order valence-corrected chi connectivity index (χ1v) is 9.84. The molecule has 31 heavy (non-hydrogen) atoms. The lowest BCUT2D eigenvalue weighted by Gasteiger charge is -2.06. The van der Waals surface area contributed by atoms with Crippen LogP contribution in [0.4, 0.5) is 0 Å². The summed E-state index contributed by atoms with van der Waals surface area (Å²) in [4.78, 5) is 30.5. The summed E-state index contributed by atoms with van der Waals surface area (Å²) >= 11 is 0. The van der Waals surface area contributed by atoms with E-state index < -0.39 is 0 Å². The first kappa shape index (κ1) is 17.5. The maximum atomic E-state index is 13.0. The molecule has 3 heterocycles. The van der Waals surface area contributed by atoms with Crippen LogP contribution in [0, 0.1) is 0 Å². The number of carbonyl (C=O) groups is 1. The zero-order valence-corrected chi connectivity index (χ0v) is 16.3. The van der Waals surface area contributed by atoms with Crippen molar-refractivity contribution >= 4 is 16.7 Å². The summed E-state index contributed by atoms with van der Waals surface area (Å²) in [6.45, 7) is 0.459. The maximum absolute atomic E-state index is 13.0. The highest BCUT2D eigenvalue weighted by Gasteiger charge is 2.30. The van der Waals surface area contributed by atoms with E-state index in [0.717, 1.165) is 16.8 Å². The van der Waals surface area contributed by atoms with Gasteiger partial charge in [-0.2, -0.15) is 0 Å². The predicted octanol–water partition coefficient (Wildman–Crippen LogP) is 3.24. The summed E-state index contributed by atoms with van der Waals surface area (Å²) in [5.74, 6) is -0.0914. The number of fused-ring (bicyclic) bond motifs is 4. The fourth-order valence-electron chi connectivity index (χ4n) is 3.99. The summed E-state index contributed by atoms with van der Waals surface area (Å²) in [5, 5.41) is 8.93. The van der Waals surface area contributed by atoms with E-state index in [1.807, 2.05) is 42.6 Å². The van der Waals surface area contributed by atoms with Crippen molar-refractivity contribution in [1.29, 1.82) is 0 Å². The largest absolute Gasteiger partial charge is 0.285 e. The number of para-hydroxylation sites is 1. The lowest BCUT2D eigenvalue weighted by molar-refractivity contribution is 0.103. The topological polar surface area (TPSA) is 82.7 Å². The number of carbonyl (C=O) groups excluding carboxylic acids is 1. The molecule has 0 aliphatic carbocycles. The molecule has 148 valence electrons. The number of rotatable bonds is 3. The Hall–Kier alpha value is -4.39. The van der Waals surface area contributed by atoms with E-state index in [9.17, 15) is 9.59 Å². The summed E-state index contributed by atoms with van der Waals surface area (Å²) < 4.78 is 3.14. The number of nitrogens with zero attached hydrogens (tertiary/aromatic N) is 5. The molecule has 0 bridgehead atoms. The molecule has 7 nitrogen and oxygen atoms in total. The van der Waals surface area contributed by atoms with E-state index in [4.69, 9.17) is 0 Å². The minimum atomic E-state index is -0.247. The van der Waals surface area contributed by atoms with E-state index in [-0.39, 0.29) is 17.2 Å². The van der Waals surface area contributed by atoms with Crippen molar-refractivity contribution in [3.63, 3.8) is 0 Å². The molecule has 0 saturated heterocycles. The van der Waals surface area contributed by atoms with Gasteiger partial charge < -0.3 is 0 Å². The molecule has 0 fully saturated rings. The zero-order chi connectivity index (χ0) is 20.9. The van der Waals surface area contributed by atoms with Crippen molar-refractivity contribution in [3.8, 4) is 16.9 Å². The van der Waals surface area contributed by atoms with Gasteiger partial charge in [0.2, 0.25) is 5.78 Å². The van der Waals surface area contributed by atoms with Gasteiger partial charge in [0.05, 0.1) is 34.9 Å². The SMILES string of the molecule is O=C1c2cc(Cn3cc(-c4ccccc4)nn3)ccc2-n2c1nc1ccccc1c2=O. The van der Waals surface area contributed by atoms with Crippen LogP contribution in [0.5, 0.6) is 0 Å². The van der Waals surface area contributed by atoms with E-state index in [1.165, 1.54) is 4.57 Å². The summed E-state index contributed by atoms with van der Waals surface area (Å²) in [6, 6.07) is 22.4. The Bertz CT molecular complexity index is 1550. The third-order valence-electron chi connectivity index (χ3n) is 5.48. The monoisotopic (exact) mass is 405 g/mol. The Morgan fingerprint density at radius 2 is 1.68 bits per heavy atom. The molecule has 0 saturated carbocycles. The Morgan fingerprint density at radius 1 is 0.871 bits per heavy atom. The highest BCUT2D eigenvalue weighted by atomic mass is 16.1. The average molecular weight is 405 g/mol. The molecule has 0 radical (unpaired) electrons. The van der Waals surface area contributed by atoms with Crippen molar-refractivity contribution < 1.29 is 4.79 Å². The van der Waals surface area contributed by atoms with Crippen LogP contribution in [0.1, 0.15) is 21.7 Å². The van der Waals surface area contributed by atoms with Crippen LogP contribution in [0.3, 0.4) is 0 Å². The van der Waals surface area contributed by atoms with Crippen molar-refractivity contribution in [3.05, 3.63) is 106 Å². The van der Waals surface area contributed by atoms with Gasteiger partial charge in [0.25, 0.3) is 5.56 Å². The van der Waals surface area contributed by atoms with Gasteiger partial charge in [-0.1, -0.05) is 53.7 Å². The second kappa shape index (κ2) is 6.56. The molecule has 1 aliphatic heterocycles. The molecule has 0 unspecified atom stereocenters. The van der Waals surface area contributed by atoms with Crippen molar-refractivity contribution in [2.24, 2.45) is 0 Å². The third-order valence-corrected chi connectivity index (χ3v) is 5.48. The number of hydrogen-bond donors (Lipinski definition) is 0. The van der Waals surface area contributed by atoms with Crippen LogP contribution in [0.2, 0.25) is 0 Å². The smallest absolute Gasteiger partial charge is 0.266 e. The van der Waals surface area contributed by atoms with Crippen molar-refractivity contribution in [2.45, 2.75) is 6.54 Å². The van der Waals surface area contributed by atoms with E-state index in [2.05, 4.69) is 15.3 Å². The Morgan fingerprint density at radius 3 is 2.55 bits per heavy atom. The molecule has 3 aromatic carbocycles.